The highest BCUT2D eigenvalue weighted by molar-refractivity contribution is 9.10. The molecule has 130 valence electrons. The van der Waals surface area contributed by atoms with Crippen molar-refractivity contribution in [1.29, 1.82) is 0 Å². The molecule has 2 aromatic rings. The fraction of sp³-hybridized carbons (Fsp3) is 0.111. The first-order chi connectivity index (χ1) is 12.1. The van der Waals surface area contributed by atoms with Gasteiger partial charge in [-0.2, -0.15) is 5.10 Å². The van der Waals surface area contributed by atoms with Crippen LogP contribution < -0.4 is 14.9 Å². The standard InChI is InChI=1S/C18H17BrN2O4/c1-3-8-25-15-7-5-4-6-13(15)18(23)21-20-11-12-9-14(19)17(22)16(10-12)24-2/h3-7,9-11,22H,1,8H2,2H3,(H,21,23)/b20-11+. The maximum Gasteiger partial charge on any atom is 0.275 e. The summed E-state index contributed by atoms with van der Waals surface area (Å²) in [7, 11) is 1.45. The molecular weight excluding hydrogens is 388 g/mol. The average Bonchev–Trinajstić information content (AvgIpc) is 2.62. The molecule has 6 nitrogen and oxygen atoms in total. The lowest BCUT2D eigenvalue weighted by Gasteiger charge is -2.08. The largest absolute Gasteiger partial charge is 0.503 e. The van der Waals surface area contributed by atoms with Crippen LogP contribution in [0.2, 0.25) is 0 Å². The van der Waals surface area contributed by atoms with E-state index in [1.165, 1.54) is 13.3 Å². The third-order valence-corrected chi connectivity index (χ3v) is 3.74. The maximum atomic E-state index is 12.3. The van der Waals surface area contributed by atoms with E-state index in [4.69, 9.17) is 9.47 Å². The zero-order valence-electron chi connectivity index (χ0n) is 13.5. The van der Waals surface area contributed by atoms with Gasteiger partial charge < -0.3 is 14.6 Å². The van der Waals surface area contributed by atoms with Crippen molar-refractivity contribution in [2.75, 3.05) is 13.7 Å². The quantitative estimate of drug-likeness (QED) is 0.420. The number of benzene rings is 2. The van der Waals surface area contributed by atoms with Crippen molar-refractivity contribution >= 4 is 28.1 Å². The number of rotatable bonds is 7. The Hall–Kier alpha value is -2.80. The van der Waals surface area contributed by atoms with Crippen molar-refractivity contribution in [3.05, 3.63) is 64.7 Å². The van der Waals surface area contributed by atoms with E-state index in [2.05, 4.69) is 33.0 Å². The first kappa shape index (κ1) is 18.5. The molecule has 0 fully saturated rings. The summed E-state index contributed by atoms with van der Waals surface area (Å²) >= 11 is 3.23. The van der Waals surface area contributed by atoms with Crippen LogP contribution in [0.25, 0.3) is 0 Å². The lowest BCUT2D eigenvalue weighted by Crippen LogP contribution is -2.18. The number of para-hydroxylation sites is 1. The zero-order chi connectivity index (χ0) is 18.2. The molecule has 25 heavy (non-hydrogen) atoms. The molecule has 2 N–H and O–H groups in total. The van der Waals surface area contributed by atoms with Crippen molar-refractivity contribution in [2.24, 2.45) is 5.10 Å². The van der Waals surface area contributed by atoms with E-state index in [0.29, 0.717) is 33.7 Å². The number of phenols is 1. The van der Waals surface area contributed by atoms with Gasteiger partial charge in [0.05, 0.1) is 23.4 Å². The molecule has 7 heteroatoms. The zero-order valence-corrected chi connectivity index (χ0v) is 15.1. The van der Waals surface area contributed by atoms with E-state index >= 15 is 0 Å². The predicted molar refractivity (Wildman–Crippen MR) is 99.6 cm³/mol. The molecule has 0 bridgehead atoms. The Labute approximate surface area is 153 Å². The Morgan fingerprint density at radius 2 is 2.12 bits per heavy atom. The van der Waals surface area contributed by atoms with Crippen LogP contribution in [-0.2, 0) is 0 Å². The van der Waals surface area contributed by atoms with Crippen LogP contribution in [0.15, 0.2) is 58.6 Å². The van der Waals surface area contributed by atoms with Gasteiger partial charge in [0.2, 0.25) is 0 Å². The Bertz CT molecular complexity index is 806. The first-order valence-corrected chi connectivity index (χ1v) is 8.08. The van der Waals surface area contributed by atoms with Crippen molar-refractivity contribution in [1.82, 2.24) is 5.43 Å². The molecule has 2 rings (SSSR count). The molecule has 0 atom stereocenters. The molecule has 0 saturated carbocycles. The number of nitrogens with one attached hydrogen (secondary N) is 1. The van der Waals surface area contributed by atoms with Gasteiger partial charge in [-0.1, -0.05) is 24.8 Å². The summed E-state index contributed by atoms with van der Waals surface area (Å²) in [6, 6.07) is 10.1. The number of aromatic hydroxyl groups is 1. The summed E-state index contributed by atoms with van der Waals surface area (Å²) in [4.78, 5) is 12.3. The molecule has 1 amide bonds. The Morgan fingerprint density at radius 1 is 1.36 bits per heavy atom. The summed E-state index contributed by atoms with van der Waals surface area (Å²) < 4.78 is 11.0. The lowest BCUT2D eigenvalue weighted by atomic mass is 10.2. The fourth-order valence-corrected chi connectivity index (χ4v) is 2.44. The van der Waals surface area contributed by atoms with Crippen molar-refractivity contribution in [3.63, 3.8) is 0 Å². The van der Waals surface area contributed by atoms with Crippen LogP contribution >= 0.6 is 15.9 Å². The SMILES string of the molecule is C=CCOc1ccccc1C(=O)N/N=C/c1cc(Br)c(O)c(OC)c1. The van der Waals surface area contributed by atoms with Crippen molar-refractivity contribution in [2.45, 2.75) is 0 Å². The molecule has 0 saturated heterocycles. The smallest absolute Gasteiger partial charge is 0.275 e. The van der Waals surface area contributed by atoms with Gasteiger partial charge in [-0.05, 0) is 45.8 Å². The number of halogens is 1. The van der Waals surface area contributed by atoms with Gasteiger partial charge >= 0.3 is 0 Å². The number of amides is 1. The second kappa shape index (κ2) is 8.89. The monoisotopic (exact) mass is 404 g/mol. The van der Waals surface area contributed by atoms with E-state index in [1.54, 1.807) is 42.5 Å². The number of carbonyl (C=O) groups excluding carboxylic acids is 1. The van der Waals surface area contributed by atoms with Gasteiger partial charge in [0, 0.05) is 0 Å². The minimum Gasteiger partial charge on any atom is -0.503 e. The normalized spacial score (nSPS) is 10.5. The van der Waals surface area contributed by atoms with Crippen LogP contribution in [0, 0.1) is 0 Å². The highest BCUT2D eigenvalue weighted by Crippen LogP contribution is 2.34. The highest BCUT2D eigenvalue weighted by atomic mass is 79.9. The van der Waals surface area contributed by atoms with Crippen LogP contribution in [0.3, 0.4) is 0 Å². The molecule has 0 spiro atoms. The number of hydrogen-bond acceptors (Lipinski definition) is 5. The molecule has 0 unspecified atom stereocenters. The molecule has 0 aromatic heterocycles. The number of ether oxygens (including phenoxy) is 2. The third kappa shape index (κ3) is 4.84. The predicted octanol–water partition coefficient (Wildman–Crippen LogP) is 3.49. The third-order valence-electron chi connectivity index (χ3n) is 3.14. The Balaban J connectivity index is 2.11. The minimum absolute atomic E-state index is 0.00280. The van der Waals surface area contributed by atoms with E-state index in [-0.39, 0.29) is 5.75 Å². The van der Waals surface area contributed by atoms with E-state index in [1.807, 2.05) is 0 Å². The number of methoxy groups -OCH3 is 1. The van der Waals surface area contributed by atoms with Gasteiger partial charge in [0.25, 0.3) is 5.91 Å². The highest BCUT2D eigenvalue weighted by Gasteiger charge is 2.11. The summed E-state index contributed by atoms with van der Waals surface area (Å²) in [6.45, 7) is 3.88. The minimum atomic E-state index is -0.402. The summed E-state index contributed by atoms with van der Waals surface area (Å²) in [5.74, 6) is 0.340. The summed E-state index contributed by atoms with van der Waals surface area (Å²) in [5, 5.41) is 13.7. The number of nitrogens with zero attached hydrogens (tertiary/aromatic N) is 1. The molecule has 2 aromatic carbocycles. The Morgan fingerprint density at radius 3 is 2.84 bits per heavy atom. The molecule has 0 heterocycles. The van der Waals surface area contributed by atoms with Gasteiger partial charge in [-0.15, -0.1) is 0 Å². The van der Waals surface area contributed by atoms with Crippen LogP contribution in [0.4, 0.5) is 0 Å². The topological polar surface area (TPSA) is 80.2 Å². The summed E-state index contributed by atoms with van der Waals surface area (Å²) in [6.07, 6.45) is 3.04. The first-order valence-electron chi connectivity index (χ1n) is 7.29. The van der Waals surface area contributed by atoms with Crippen molar-refractivity contribution < 1.29 is 19.4 Å². The Kier molecular flexibility index (Phi) is 6.59. The van der Waals surface area contributed by atoms with E-state index in [0.717, 1.165) is 0 Å². The number of phenolic OH excluding ortho intramolecular Hbond substituents is 1. The van der Waals surface area contributed by atoms with Gasteiger partial charge in [0.1, 0.15) is 12.4 Å². The molecule has 0 aliphatic carbocycles. The van der Waals surface area contributed by atoms with Crippen molar-refractivity contribution in [3.8, 4) is 17.2 Å². The van der Waals surface area contributed by atoms with Crippen LogP contribution in [0.1, 0.15) is 15.9 Å². The van der Waals surface area contributed by atoms with E-state index in [9.17, 15) is 9.90 Å². The van der Waals surface area contributed by atoms with Gasteiger partial charge in [-0.25, -0.2) is 5.43 Å². The molecule has 0 aliphatic rings. The lowest BCUT2D eigenvalue weighted by molar-refractivity contribution is 0.0951. The van der Waals surface area contributed by atoms with Gasteiger partial charge in [-0.3, -0.25) is 4.79 Å². The number of carbonyl (C=O) groups is 1. The summed E-state index contributed by atoms with van der Waals surface area (Å²) in [5.41, 5.74) is 3.45. The molecule has 0 radical (unpaired) electrons. The van der Waals surface area contributed by atoms with E-state index < -0.39 is 5.91 Å². The maximum absolute atomic E-state index is 12.3. The fourth-order valence-electron chi connectivity index (χ4n) is 1.98. The average molecular weight is 405 g/mol. The van der Waals surface area contributed by atoms with Crippen LogP contribution in [0.5, 0.6) is 17.2 Å². The number of hydrazone groups is 1. The van der Waals surface area contributed by atoms with Gasteiger partial charge in [0.15, 0.2) is 11.5 Å². The second-order valence-corrected chi connectivity index (χ2v) is 5.70. The molecular formula is C18H17BrN2O4. The second-order valence-electron chi connectivity index (χ2n) is 4.85. The number of hydrogen-bond donors (Lipinski definition) is 2. The molecule has 0 aliphatic heterocycles. The van der Waals surface area contributed by atoms with Crippen LogP contribution in [-0.4, -0.2) is 30.9 Å².